The molecule has 202 valence electrons. The number of piperazine rings is 1. The van der Waals surface area contributed by atoms with Gasteiger partial charge in [0.1, 0.15) is 17.1 Å². The molecule has 2 amide bonds. The lowest BCUT2D eigenvalue weighted by molar-refractivity contribution is -0.136. The molecule has 1 spiro atoms. The van der Waals surface area contributed by atoms with Gasteiger partial charge in [0.05, 0.1) is 11.3 Å². The Labute approximate surface area is 222 Å². The van der Waals surface area contributed by atoms with Crippen molar-refractivity contribution in [2.45, 2.75) is 43.1 Å². The number of piperidine rings is 1. The molecule has 3 heterocycles. The highest BCUT2D eigenvalue weighted by atomic mass is 32.2. The van der Waals surface area contributed by atoms with Crippen LogP contribution in [0.25, 0.3) is 0 Å². The summed E-state index contributed by atoms with van der Waals surface area (Å²) in [6.07, 6.45) is 1.49. The zero-order valence-electron chi connectivity index (χ0n) is 21.4. The van der Waals surface area contributed by atoms with E-state index >= 15 is 0 Å². The van der Waals surface area contributed by atoms with Crippen LogP contribution in [0.3, 0.4) is 0 Å². The molecule has 2 saturated heterocycles. The summed E-state index contributed by atoms with van der Waals surface area (Å²) in [7, 11) is -3.75. The van der Waals surface area contributed by atoms with Crippen LogP contribution in [0.4, 0.5) is 0 Å². The van der Waals surface area contributed by atoms with Gasteiger partial charge in [0.25, 0.3) is 5.91 Å². The minimum Gasteiger partial charge on any atom is -0.508 e. The third-order valence-electron chi connectivity index (χ3n) is 7.66. The molecule has 5 rings (SSSR count). The molecule has 38 heavy (non-hydrogen) atoms. The van der Waals surface area contributed by atoms with Crippen LogP contribution < -0.4 is 0 Å². The minimum absolute atomic E-state index is 0.0476. The van der Waals surface area contributed by atoms with Gasteiger partial charge >= 0.3 is 0 Å². The highest BCUT2D eigenvalue weighted by molar-refractivity contribution is 7.89. The van der Waals surface area contributed by atoms with E-state index in [2.05, 4.69) is 5.16 Å². The van der Waals surface area contributed by atoms with Gasteiger partial charge in [-0.2, -0.15) is 4.31 Å². The van der Waals surface area contributed by atoms with Gasteiger partial charge in [0, 0.05) is 64.6 Å². The van der Waals surface area contributed by atoms with Crippen molar-refractivity contribution in [2.24, 2.45) is 5.16 Å². The van der Waals surface area contributed by atoms with Crippen molar-refractivity contribution in [1.82, 2.24) is 14.1 Å². The summed E-state index contributed by atoms with van der Waals surface area (Å²) < 4.78 is 27.5. The monoisotopic (exact) mass is 540 g/mol. The lowest BCUT2D eigenvalue weighted by Gasteiger charge is -2.37. The second-order valence-electron chi connectivity index (χ2n) is 10.2. The Kier molecular flexibility index (Phi) is 7.15. The summed E-state index contributed by atoms with van der Waals surface area (Å²) in [6, 6.07) is 14.0. The molecule has 3 aliphatic rings. The summed E-state index contributed by atoms with van der Waals surface area (Å²) in [4.78, 5) is 35.1. The van der Waals surface area contributed by atoms with Crippen molar-refractivity contribution in [3.63, 3.8) is 0 Å². The molecule has 10 nitrogen and oxygen atoms in total. The lowest BCUT2D eigenvalue weighted by Crippen LogP contribution is -2.53. The highest BCUT2D eigenvalue weighted by Gasteiger charge is 2.46. The van der Waals surface area contributed by atoms with Gasteiger partial charge in [-0.25, -0.2) is 8.42 Å². The number of oxime groups is 1. The molecule has 1 N–H and O–H groups in total. The summed E-state index contributed by atoms with van der Waals surface area (Å²) in [5.41, 5.74) is 1.22. The maximum atomic E-state index is 13.1. The van der Waals surface area contributed by atoms with E-state index in [0.29, 0.717) is 63.1 Å². The SMILES string of the molecule is Cc1ccc(S(=O)(=O)N2CCC3(CC2)CC(C(=O)N2CCN(C(=O)Cc4ccccc4)CC2)=NO3)cc1O. The summed E-state index contributed by atoms with van der Waals surface area (Å²) >= 11 is 0. The fourth-order valence-corrected chi connectivity index (χ4v) is 6.62. The first-order valence-corrected chi connectivity index (χ1v) is 14.3. The number of sulfonamides is 1. The van der Waals surface area contributed by atoms with Crippen molar-refractivity contribution in [1.29, 1.82) is 0 Å². The van der Waals surface area contributed by atoms with Crippen LogP contribution in [0.5, 0.6) is 5.75 Å². The molecule has 11 heteroatoms. The molecule has 2 aromatic rings. The number of phenolic OH excluding ortho intramolecular Hbond substituents is 1. The summed E-state index contributed by atoms with van der Waals surface area (Å²) in [5, 5.41) is 14.1. The van der Waals surface area contributed by atoms with Crippen LogP contribution in [-0.2, 0) is 30.9 Å². The predicted octanol–water partition coefficient (Wildman–Crippen LogP) is 1.91. The normalized spacial score (nSPS) is 19.8. The Morgan fingerprint density at radius 1 is 0.974 bits per heavy atom. The van der Waals surface area contributed by atoms with Gasteiger partial charge < -0.3 is 19.7 Å². The number of carbonyl (C=O) groups is 2. The smallest absolute Gasteiger partial charge is 0.271 e. The summed E-state index contributed by atoms with van der Waals surface area (Å²) in [5.74, 6) is -0.204. The number of nitrogens with zero attached hydrogens (tertiary/aromatic N) is 4. The van der Waals surface area contributed by atoms with Gasteiger partial charge in [0.15, 0.2) is 0 Å². The van der Waals surface area contributed by atoms with E-state index in [1.807, 2.05) is 30.3 Å². The number of aryl methyl sites for hydroxylation is 1. The van der Waals surface area contributed by atoms with E-state index in [0.717, 1.165) is 5.56 Å². The van der Waals surface area contributed by atoms with Crippen molar-refractivity contribution in [3.8, 4) is 5.75 Å². The Morgan fingerprint density at radius 2 is 1.63 bits per heavy atom. The summed E-state index contributed by atoms with van der Waals surface area (Å²) in [6.45, 7) is 3.97. The molecule has 0 aromatic heterocycles. The maximum Gasteiger partial charge on any atom is 0.271 e. The van der Waals surface area contributed by atoms with Gasteiger partial charge in [0.2, 0.25) is 15.9 Å². The number of aromatic hydroxyl groups is 1. The fraction of sp³-hybridized carbons (Fsp3) is 0.444. The van der Waals surface area contributed by atoms with Crippen LogP contribution in [-0.4, -0.2) is 90.0 Å². The molecule has 0 aliphatic carbocycles. The number of benzene rings is 2. The molecule has 0 radical (unpaired) electrons. The standard InChI is InChI=1S/C27H32N4O6S/c1-20-7-8-22(18-24(20)32)38(35,36)31-11-9-27(10-12-31)19-23(28-37-27)26(34)30-15-13-29(14-16-30)25(33)17-21-5-3-2-4-6-21/h2-8,18,32H,9-17,19H2,1H3. The highest BCUT2D eigenvalue weighted by Crippen LogP contribution is 2.37. The number of rotatable bonds is 5. The van der Waals surface area contributed by atoms with E-state index in [-0.39, 0.29) is 35.5 Å². The van der Waals surface area contributed by atoms with E-state index in [1.165, 1.54) is 16.4 Å². The van der Waals surface area contributed by atoms with Crippen LogP contribution in [0.1, 0.15) is 30.4 Å². The molecule has 0 bridgehead atoms. The van der Waals surface area contributed by atoms with Gasteiger partial charge in [-0.05, 0) is 24.1 Å². The van der Waals surface area contributed by atoms with Crippen LogP contribution in [0.2, 0.25) is 0 Å². The largest absolute Gasteiger partial charge is 0.508 e. The van der Waals surface area contributed by atoms with E-state index < -0.39 is 15.6 Å². The molecule has 2 fully saturated rings. The van der Waals surface area contributed by atoms with Gasteiger partial charge in [-0.1, -0.05) is 41.6 Å². The third kappa shape index (κ3) is 5.25. The number of carbonyl (C=O) groups excluding carboxylic acids is 2. The van der Waals surface area contributed by atoms with Crippen LogP contribution in [0.15, 0.2) is 58.6 Å². The lowest BCUT2D eigenvalue weighted by atomic mass is 9.87. The molecular weight excluding hydrogens is 508 g/mol. The molecule has 2 aromatic carbocycles. The number of hydrogen-bond acceptors (Lipinski definition) is 7. The molecule has 0 saturated carbocycles. The van der Waals surface area contributed by atoms with E-state index in [9.17, 15) is 23.1 Å². The number of amides is 2. The Balaban J connectivity index is 1.12. The first kappa shape index (κ1) is 26.2. The topological polar surface area (TPSA) is 120 Å². The maximum absolute atomic E-state index is 13.1. The van der Waals surface area contributed by atoms with E-state index in [1.54, 1.807) is 22.8 Å². The Bertz CT molecular complexity index is 1340. The third-order valence-corrected chi connectivity index (χ3v) is 9.55. The molecule has 0 atom stereocenters. The fourth-order valence-electron chi connectivity index (χ4n) is 5.16. The molecule has 0 unspecified atom stereocenters. The van der Waals surface area contributed by atoms with Crippen LogP contribution >= 0.6 is 0 Å². The van der Waals surface area contributed by atoms with E-state index in [4.69, 9.17) is 4.84 Å². The van der Waals surface area contributed by atoms with Crippen molar-refractivity contribution >= 4 is 27.5 Å². The zero-order chi connectivity index (χ0) is 26.9. The van der Waals surface area contributed by atoms with Gasteiger partial charge in [-0.3, -0.25) is 9.59 Å². The zero-order valence-corrected chi connectivity index (χ0v) is 22.2. The average Bonchev–Trinajstić information content (AvgIpc) is 3.34. The first-order valence-electron chi connectivity index (χ1n) is 12.8. The first-order chi connectivity index (χ1) is 18.2. The van der Waals surface area contributed by atoms with Gasteiger partial charge in [-0.15, -0.1) is 0 Å². The Morgan fingerprint density at radius 3 is 2.29 bits per heavy atom. The van der Waals surface area contributed by atoms with Crippen molar-refractivity contribution in [3.05, 3.63) is 59.7 Å². The molecular formula is C27H32N4O6S. The quantitative estimate of drug-likeness (QED) is 0.619. The Hall–Kier alpha value is -3.44. The number of hydrogen-bond donors (Lipinski definition) is 1. The van der Waals surface area contributed by atoms with Crippen molar-refractivity contribution < 1.29 is 28.0 Å². The van der Waals surface area contributed by atoms with Crippen molar-refractivity contribution in [2.75, 3.05) is 39.3 Å². The number of phenols is 1. The second kappa shape index (κ2) is 10.4. The minimum atomic E-state index is -3.75. The predicted molar refractivity (Wildman–Crippen MR) is 140 cm³/mol. The van der Waals surface area contributed by atoms with Crippen LogP contribution in [0, 0.1) is 6.92 Å². The molecule has 3 aliphatic heterocycles. The average molecular weight is 541 g/mol. The second-order valence-corrected chi connectivity index (χ2v) is 12.1.